The molecule has 0 aliphatic carbocycles. The van der Waals surface area contributed by atoms with Crippen LogP contribution in [0.3, 0.4) is 0 Å². The van der Waals surface area contributed by atoms with Crippen molar-refractivity contribution in [1.82, 2.24) is 15.3 Å². The summed E-state index contributed by atoms with van der Waals surface area (Å²) < 4.78 is 5.35. The molecule has 0 aliphatic heterocycles. The molecule has 0 unspecified atom stereocenters. The van der Waals surface area contributed by atoms with Gasteiger partial charge in [0.15, 0.2) is 0 Å². The van der Waals surface area contributed by atoms with Crippen LogP contribution in [0.4, 0.5) is 23.1 Å². The summed E-state index contributed by atoms with van der Waals surface area (Å²) in [5, 5.41) is 27.2. The molecule has 3 rings (SSSR count). The van der Waals surface area contributed by atoms with Crippen molar-refractivity contribution in [2.75, 3.05) is 24.3 Å². The highest BCUT2D eigenvalue weighted by Crippen LogP contribution is 2.30. The van der Waals surface area contributed by atoms with E-state index in [-0.39, 0.29) is 30.6 Å². The van der Waals surface area contributed by atoms with Gasteiger partial charge in [-0.3, -0.25) is 4.79 Å². The van der Waals surface area contributed by atoms with Gasteiger partial charge in [0, 0.05) is 31.1 Å². The number of methoxy groups -OCH3 is 1. The Morgan fingerprint density at radius 3 is 2.41 bits per heavy atom. The summed E-state index contributed by atoms with van der Waals surface area (Å²) in [6.07, 6.45) is 4.75. The van der Waals surface area contributed by atoms with E-state index in [4.69, 9.17) is 15.3 Å². The third-order valence-corrected chi connectivity index (χ3v) is 5.32. The van der Waals surface area contributed by atoms with E-state index < -0.39 is 0 Å². The lowest BCUT2D eigenvalue weighted by Gasteiger charge is -2.19. The number of nitriles is 2. The van der Waals surface area contributed by atoms with E-state index in [1.807, 2.05) is 32.0 Å². The first-order chi connectivity index (χ1) is 17.9. The summed E-state index contributed by atoms with van der Waals surface area (Å²) in [7, 11) is 1.52. The van der Waals surface area contributed by atoms with Crippen molar-refractivity contribution >= 4 is 35.1 Å². The van der Waals surface area contributed by atoms with Gasteiger partial charge in [-0.2, -0.15) is 15.5 Å². The van der Waals surface area contributed by atoms with Gasteiger partial charge in [-0.05, 0) is 73.0 Å². The minimum atomic E-state index is -0.372. The molecule has 0 atom stereocenters. The number of benzene rings is 2. The van der Waals surface area contributed by atoms with E-state index in [1.165, 1.54) is 13.2 Å². The first-order valence-corrected chi connectivity index (χ1v) is 11.4. The summed E-state index contributed by atoms with van der Waals surface area (Å²) in [5.41, 5.74) is 5.32. The van der Waals surface area contributed by atoms with Crippen molar-refractivity contribution in [3.05, 3.63) is 88.6 Å². The Kier molecular flexibility index (Phi) is 9.09. The smallest absolute Gasteiger partial charge is 0.257 e. The molecule has 37 heavy (non-hydrogen) atoms. The Morgan fingerprint density at radius 2 is 1.81 bits per heavy atom. The molecule has 186 valence electrons. The summed E-state index contributed by atoms with van der Waals surface area (Å²) in [6, 6.07) is 14.8. The lowest BCUT2D eigenvalue weighted by atomic mass is 10.0. The van der Waals surface area contributed by atoms with Crippen molar-refractivity contribution in [3.8, 4) is 12.1 Å². The second-order valence-corrected chi connectivity index (χ2v) is 8.08. The van der Waals surface area contributed by atoms with Gasteiger partial charge < -0.3 is 20.7 Å². The SMILES string of the molecule is C=CCNC(=O)c1c(COC)nc(Nc2ccc(C#N)cc2)nc1Nc1c(C)cc(/C=C/C#N)cc1C. The number of carbonyl (C=O) groups excluding carboxylic acids is 1. The number of carbonyl (C=O) groups is 1. The maximum absolute atomic E-state index is 13.2. The zero-order valence-corrected chi connectivity index (χ0v) is 20.9. The molecule has 0 bridgehead atoms. The fraction of sp³-hybridized carbons (Fsp3) is 0.179. The van der Waals surface area contributed by atoms with E-state index in [2.05, 4.69) is 38.6 Å². The average molecular weight is 494 g/mol. The van der Waals surface area contributed by atoms with E-state index in [0.717, 1.165) is 22.4 Å². The number of hydrogen-bond acceptors (Lipinski definition) is 8. The van der Waals surface area contributed by atoms with Gasteiger partial charge in [0.05, 0.1) is 30.0 Å². The molecule has 0 spiro atoms. The summed E-state index contributed by atoms with van der Waals surface area (Å²) >= 11 is 0. The van der Waals surface area contributed by atoms with Crippen molar-refractivity contribution in [2.45, 2.75) is 20.5 Å². The van der Waals surface area contributed by atoms with Crippen LogP contribution in [0.2, 0.25) is 0 Å². The average Bonchev–Trinajstić information content (AvgIpc) is 2.88. The number of ether oxygens (including phenoxy) is 1. The topological polar surface area (TPSA) is 136 Å². The van der Waals surface area contributed by atoms with Gasteiger partial charge in [0.2, 0.25) is 5.95 Å². The quantitative estimate of drug-likeness (QED) is 0.264. The van der Waals surface area contributed by atoms with E-state index >= 15 is 0 Å². The molecule has 0 aliphatic rings. The number of amides is 1. The van der Waals surface area contributed by atoms with Crippen molar-refractivity contribution in [1.29, 1.82) is 10.5 Å². The largest absolute Gasteiger partial charge is 0.378 e. The molecule has 0 radical (unpaired) electrons. The van der Waals surface area contributed by atoms with Crippen molar-refractivity contribution in [2.24, 2.45) is 0 Å². The molecule has 0 fully saturated rings. The molecule has 9 nitrogen and oxygen atoms in total. The predicted molar refractivity (Wildman–Crippen MR) is 144 cm³/mol. The molecule has 2 aromatic carbocycles. The van der Waals surface area contributed by atoms with E-state index in [1.54, 1.807) is 36.4 Å². The van der Waals surface area contributed by atoms with Crippen molar-refractivity contribution < 1.29 is 9.53 Å². The molecule has 3 N–H and O–H groups in total. The van der Waals surface area contributed by atoms with E-state index in [9.17, 15) is 4.79 Å². The maximum atomic E-state index is 13.2. The van der Waals surface area contributed by atoms with Gasteiger partial charge in [0.25, 0.3) is 5.91 Å². The minimum absolute atomic E-state index is 0.0753. The fourth-order valence-electron chi connectivity index (χ4n) is 3.69. The fourth-order valence-corrected chi connectivity index (χ4v) is 3.69. The van der Waals surface area contributed by atoms with Crippen molar-refractivity contribution in [3.63, 3.8) is 0 Å². The number of hydrogen-bond donors (Lipinski definition) is 3. The highest BCUT2D eigenvalue weighted by Gasteiger charge is 2.22. The molecular formula is C28H27N7O2. The number of nitrogens with one attached hydrogen (secondary N) is 3. The van der Waals surface area contributed by atoms with E-state index in [0.29, 0.717) is 22.8 Å². The van der Waals surface area contributed by atoms with Crippen LogP contribution in [0.25, 0.3) is 6.08 Å². The zero-order chi connectivity index (χ0) is 26.8. The summed E-state index contributed by atoms with van der Waals surface area (Å²) in [6.45, 7) is 7.87. The van der Waals surface area contributed by atoms with Crippen LogP contribution in [0, 0.1) is 36.5 Å². The Morgan fingerprint density at radius 1 is 1.11 bits per heavy atom. The first-order valence-electron chi connectivity index (χ1n) is 11.4. The molecule has 0 saturated heterocycles. The van der Waals surface area contributed by atoms with Gasteiger partial charge in [-0.25, -0.2) is 4.98 Å². The van der Waals surface area contributed by atoms with Crippen LogP contribution in [-0.2, 0) is 11.3 Å². The van der Waals surface area contributed by atoms with Crippen LogP contribution in [0.15, 0.2) is 55.1 Å². The summed E-state index contributed by atoms with van der Waals surface area (Å²) in [5.74, 6) is 0.179. The van der Waals surface area contributed by atoms with Crippen LogP contribution in [0.1, 0.15) is 38.3 Å². The molecule has 1 amide bonds. The highest BCUT2D eigenvalue weighted by atomic mass is 16.5. The number of nitrogens with zero attached hydrogens (tertiary/aromatic N) is 4. The molecular weight excluding hydrogens is 466 g/mol. The molecule has 0 saturated carbocycles. The lowest BCUT2D eigenvalue weighted by molar-refractivity contribution is 0.0952. The van der Waals surface area contributed by atoms with Crippen LogP contribution >= 0.6 is 0 Å². The van der Waals surface area contributed by atoms with Crippen LogP contribution < -0.4 is 16.0 Å². The maximum Gasteiger partial charge on any atom is 0.257 e. The second-order valence-electron chi connectivity index (χ2n) is 8.08. The summed E-state index contributed by atoms with van der Waals surface area (Å²) in [4.78, 5) is 22.3. The second kappa shape index (κ2) is 12.6. The zero-order valence-electron chi connectivity index (χ0n) is 20.9. The third kappa shape index (κ3) is 6.79. The van der Waals surface area contributed by atoms with Gasteiger partial charge in [-0.1, -0.05) is 6.08 Å². The van der Waals surface area contributed by atoms with Crippen LogP contribution in [-0.4, -0.2) is 29.5 Å². The molecule has 9 heteroatoms. The predicted octanol–water partition coefficient (Wildman–Crippen LogP) is 5.05. The number of aryl methyl sites for hydroxylation is 2. The molecule has 1 heterocycles. The van der Waals surface area contributed by atoms with Gasteiger partial charge >= 0.3 is 0 Å². The standard InChI is InChI=1S/C28H27N7O2/c1-5-13-31-27(36)24-23(17-37-4)33-28(32-22-10-8-20(16-30)9-11-22)35-26(24)34-25-18(2)14-21(7-6-12-29)15-19(25)3/h5-11,14-15H,1,13,17H2,2-4H3,(H,31,36)(H2,32,33,34,35)/b7-6+. The lowest BCUT2D eigenvalue weighted by Crippen LogP contribution is -2.27. The monoisotopic (exact) mass is 493 g/mol. The number of anilines is 4. The normalized spacial score (nSPS) is 10.4. The molecule has 3 aromatic rings. The van der Waals surface area contributed by atoms with Gasteiger partial charge in [-0.15, -0.1) is 6.58 Å². The van der Waals surface area contributed by atoms with Gasteiger partial charge in [0.1, 0.15) is 11.4 Å². The molecule has 1 aromatic heterocycles. The third-order valence-electron chi connectivity index (χ3n) is 5.32. The Labute approximate surface area is 216 Å². The highest BCUT2D eigenvalue weighted by molar-refractivity contribution is 6.01. The Bertz CT molecular complexity index is 1390. The Hall–Kier alpha value is -4.99. The minimum Gasteiger partial charge on any atom is -0.378 e. The number of aromatic nitrogens is 2. The van der Waals surface area contributed by atoms with Crippen LogP contribution in [0.5, 0.6) is 0 Å². The first kappa shape index (κ1) is 26.6. The Balaban J connectivity index is 2.12. The number of allylic oxidation sites excluding steroid dienone is 1. The number of rotatable bonds is 10.